The SMILES string of the molecule is C[N+](C(=O)c1cccc(Cl)c1Cl)(C1CCN(c2ccncc2)CC1)C1CCc2cc(OC(=O)O)ccc21. The molecular weight excluding hydrogens is 513 g/mol. The largest absolute Gasteiger partial charge is 0.511 e. The lowest BCUT2D eigenvalue weighted by molar-refractivity contribution is -0.887. The number of quaternary nitrogens is 1. The molecule has 2 aliphatic rings. The summed E-state index contributed by atoms with van der Waals surface area (Å²) in [5.74, 6) is 0.231. The van der Waals surface area contributed by atoms with Crippen molar-refractivity contribution in [2.75, 3.05) is 25.0 Å². The number of carbonyl (C=O) groups excluding carboxylic acids is 1. The van der Waals surface area contributed by atoms with Gasteiger partial charge in [0.25, 0.3) is 0 Å². The molecule has 1 N–H and O–H groups in total. The summed E-state index contributed by atoms with van der Waals surface area (Å²) < 4.78 is 5.06. The van der Waals surface area contributed by atoms with Gasteiger partial charge in [-0.2, -0.15) is 0 Å². The molecule has 1 aromatic heterocycles. The minimum atomic E-state index is -1.35. The van der Waals surface area contributed by atoms with Gasteiger partial charge >= 0.3 is 12.1 Å². The normalized spacial score (nSPS) is 19.2. The lowest BCUT2D eigenvalue weighted by atomic mass is 9.93. The molecule has 2 aromatic carbocycles. The van der Waals surface area contributed by atoms with Crippen LogP contribution in [0.2, 0.25) is 10.0 Å². The van der Waals surface area contributed by atoms with Gasteiger partial charge in [-0.3, -0.25) is 4.98 Å². The highest BCUT2D eigenvalue weighted by atomic mass is 35.5. The van der Waals surface area contributed by atoms with Gasteiger partial charge in [-0.15, -0.1) is 0 Å². The molecule has 1 fully saturated rings. The Kier molecular flexibility index (Phi) is 7.12. The van der Waals surface area contributed by atoms with Crippen molar-refractivity contribution in [1.29, 1.82) is 0 Å². The molecule has 1 amide bonds. The molecular formula is C28H28Cl2N3O4+. The van der Waals surface area contributed by atoms with E-state index in [2.05, 4.69) is 9.88 Å². The standard InChI is InChI=1S/C28H27Cl2N3O4/c1-33(27(34)23-3-2-4-24(29)26(23)30,20-11-15-32(16-12-20)19-9-13-31-14-10-19)25-8-5-18-17-21(37-28(35)36)6-7-22(18)25/h2-4,6-7,9-10,13-14,17,20,25H,5,8,11-12,15-16H2,1H3/p+1. The summed E-state index contributed by atoms with van der Waals surface area (Å²) in [4.78, 5) is 31.9. The summed E-state index contributed by atoms with van der Waals surface area (Å²) in [5, 5.41) is 9.65. The van der Waals surface area contributed by atoms with Crippen molar-refractivity contribution in [3.63, 3.8) is 0 Å². The number of aromatic nitrogens is 1. The van der Waals surface area contributed by atoms with E-state index >= 15 is 0 Å². The lowest BCUT2D eigenvalue weighted by Crippen LogP contribution is -2.60. The fourth-order valence-corrected chi connectivity index (χ4v) is 6.38. The van der Waals surface area contributed by atoms with Crippen LogP contribution in [0.3, 0.4) is 0 Å². The van der Waals surface area contributed by atoms with Gasteiger partial charge in [0, 0.05) is 56.0 Å². The van der Waals surface area contributed by atoms with E-state index in [-0.39, 0.29) is 33.2 Å². The Morgan fingerprint density at radius 2 is 1.78 bits per heavy atom. The van der Waals surface area contributed by atoms with Crippen LogP contribution in [0, 0.1) is 0 Å². The molecule has 1 saturated heterocycles. The van der Waals surface area contributed by atoms with E-state index in [0.29, 0.717) is 10.6 Å². The first kappa shape index (κ1) is 25.5. The molecule has 192 valence electrons. The highest BCUT2D eigenvalue weighted by Gasteiger charge is 2.51. The van der Waals surface area contributed by atoms with Crippen molar-refractivity contribution in [3.8, 4) is 5.75 Å². The third-order valence-corrected chi connectivity index (χ3v) is 8.70. The summed E-state index contributed by atoms with van der Waals surface area (Å²) in [7, 11) is 2.02. The monoisotopic (exact) mass is 540 g/mol. The van der Waals surface area contributed by atoms with Crippen molar-refractivity contribution < 1.29 is 23.9 Å². The van der Waals surface area contributed by atoms with E-state index < -0.39 is 6.16 Å². The summed E-state index contributed by atoms with van der Waals surface area (Å²) in [6, 6.07) is 14.5. The molecule has 0 saturated carbocycles. The first-order valence-electron chi connectivity index (χ1n) is 12.3. The Morgan fingerprint density at radius 1 is 1.05 bits per heavy atom. The Morgan fingerprint density at radius 3 is 2.49 bits per heavy atom. The maximum Gasteiger partial charge on any atom is 0.511 e. The van der Waals surface area contributed by atoms with Gasteiger partial charge in [-0.1, -0.05) is 29.3 Å². The second kappa shape index (κ2) is 10.3. The molecule has 2 heterocycles. The molecule has 2 unspecified atom stereocenters. The van der Waals surface area contributed by atoms with E-state index in [1.165, 1.54) is 0 Å². The van der Waals surface area contributed by atoms with Crippen LogP contribution in [0.5, 0.6) is 5.75 Å². The summed E-state index contributed by atoms with van der Waals surface area (Å²) in [5.41, 5.74) is 3.60. The van der Waals surface area contributed by atoms with Gasteiger partial charge in [0.2, 0.25) is 0 Å². The first-order valence-corrected chi connectivity index (χ1v) is 13.1. The summed E-state index contributed by atoms with van der Waals surface area (Å²) in [6.45, 7) is 1.65. The maximum atomic E-state index is 14.4. The number of pyridine rings is 1. The zero-order valence-corrected chi connectivity index (χ0v) is 22.0. The molecule has 7 nitrogen and oxygen atoms in total. The average Bonchev–Trinajstić information content (AvgIpc) is 3.33. The molecule has 0 spiro atoms. The Balaban J connectivity index is 1.51. The number of rotatable bonds is 5. The molecule has 9 heteroatoms. The van der Waals surface area contributed by atoms with Crippen LogP contribution in [0.15, 0.2) is 60.9 Å². The topological polar surface area (TPSA) is 79.7 Å². The van der Waals surface area contributed by atoms with Gasteiger partial charge in [0.05, 0.1) is 28.7 Å². The number of piperidine rings is 1. The van der Waals surface area contributed by atoms with Crippen LogP contribution in [-0.4, -0.2) is 52.8 Å². The Hall–Kier alpha value is -3.13. The number of hydrogen-bond donors (Lipinski definition) is 1. The molecule has 3 aromatic rings. The van der Waals surface area contributed by atoms with Gasteiger partial charge in [-0.25, -0.2) is 14.1 Å². The minimum absolute atomic E-state index is 0.0569. The van der Waals surface area contributed by atoms with Gasteiger partial charge in [0.1, 0.15) is 11.8 Å². The smallest absolute Gasteiger partial charge is 0.449 e. The quantitative estimate of drug-likeness (QED) is 0.229. The molecule has 2 atom stereocenters. The van der Waals surface area contributed by atoms with Crippen LogP contribution in [0.1, 0.15) is 46.8 Å². The number of benzene rings is 2. The number of fused-ring (bicyclic) bond motifs is 1. The lowest BCUT2D eigenvalue weighted by Gasteiger charge is -2.47. The number of halogens is 2. The molecule has 1 aliphatic heterocycles. The average molecular weight is 541 g/mol. The predicted octanol–water partition coefficient (Wildman–Crippen LogP) is 6.39. The number of nitrogens with zero attached hydrogens (tertiary/aromatic N) is 3. The van der Waals surface area contributed by atoms with Crippen LogP contribution >= 0.6 is 23.2 Å². The number of carbonyl (C=O) groups is 2. The van der Waals surface area contributed by atoms with E-state index in [0.717, 1.165) is 55.6 Å². The number of aryl methyl sites for hydroxylation is 1. The highest BCUT2D eigenvalue weighted by molar-refractivity contribution is 6.43. The zero-order chi connectivity index (χ0) is 26.2. The third-order valence-electron chi connectivity index (χ3n) is 7.88. The Labute approximate surface area is 225 Å². The van der Waals surface area contributed by atoms with Crippen molar-refractivity contribution in [2.24, 2.45) is 0 Å². The van der Waals surface area contributed by atoms with E-state index in [1.54, 1.807) is 42.7 Å². The van der Waals surface area contributed by atoms with E-state index in [1.807, 2.05) is 25.2 Å². The third kappa shape index (κ3) is 4.79. The molecule has 37 heavy (non-hydrogen) atoms. The number of amides is 1. The van der Waals surface area contributed by atoms with Crippen LogP contribution in [0.4, 0.5) is 10.5 Å². The minimum Gasteiger partial charge on any atom is -0.449 e. The highest BCUT2D eigenvalue weighted by Crippen LogP contribution is 2.46. The molecule has 1 aliphatic carbocycles. The predicted molar refractivity (Wildman–Crippen MR) is 143 cm³/mol. The summed E-state index contributed by atoms with van der Waals surface area (Å²) in [6.07, 6.45) is 5.40. The van der Waals surface area contributed by atoms with Crippen LogP contribution in [0.25, 0.3) is 0 Å². The molecule has 0 bridgehead atoms. The van der Waals surface area contributed by atoms with Crippen molar-refractivity contribution >= 4 is 41.0 Å². The maximum absolute atomic E-state index is 14.4. The summed E-state index contributed by atoms with van der Waals surface area (Å²) >= 11 is 12.9. The molecule has 0 radical (unpaired) electrons. The van der Waals surface area contributed by atoms with Crippen molar-refractivity contribution in [3.05, 3.63) is 87.7 Å². The number of anilines is 1. The van der Waals surface area contributed by atoms with Crippen LogP contribution < -0.4 is 9.64 Å². The van der Waals surface area contributed by atoms with Crippen LogP contribution in [-0.2, 0) is 6.42 Å². The number of ether oxygens (including phenoxy) is 1. The van der Waals surface area contributed by atoms with E-state index in [9.17, 15) is 9.59 Å². The van der Waals surface area contributed by atoms with Gasteiger partial charge in [-0.05, 0) is 54.4 Å². The van der Waals surface area contributed by atoms with Gasteiger partial charge in [0.15, 0.2) is 0 Å². The van der Waals surface area contributed by atoms with Crippen molar-refractivity contribution in [1.82, 2.24) is 4.98 Å². The van der Waals surface area contributed by atoms with Gasteiger partial charge < -0.3 is 14.7 Å². The fraction of sp³-hybridized carbons (Fsp3) is 0.321. The Bertz CT molecular complexity index is 1330. The fourth-order valence-electron chi connectivity index (χ4n) is 6.00. The van der Waals surface area contributed by atoms with Crippen molar-refractivity contribution in [2.45, 2.75) is 37.8 Å². The molecule has 5 rings (SSSR count). The first-order chi connectivity index (χ1) is 17.8. The number of carboxylic acid groups (broad SMARTS) is 1. The van der Waals surface area contributed by atoms with E-state index in [4.69, 9.17) is 33.0 Å². The zero-order valence-electron chi connectivity index (χ0n) is 20.4. The number of hydrogen-bond acceptors (Lipinski definition) is 5. The second-order valence-electron chi connectivity index (χ2n) is 9.76. The second-order valence-corrected chi connectivity index (χ2v) is 10.5.